The van der Waals surface area contributed by atoms with Gasteiger partial charge in [-0.1, -0.05) is 35.5 Å². The van der Waals surface area contributed by atoms with Crippen LogP contribution in [0.4, 0.5) is 0 Å². The lowest BCUT2D eigenvalue weighted by Gasteiger charge is -2.13. The number of oxime groups is 1. The van der Waals surface area contributed by atoms with E-state index in [9.17, 15) is 0 Å². The molecule has 0 amide bonds. The van der Waals surface area contributed by atoms with Crippen LogP contribution in [-0.2, 0) is 0 Å². The Labute approximate surface area is 122 Å². The van der Waals surface area contributed by atoms with Crippen LogP contribution in [-0.4, -0.2) is 24.3 Å². The Morgan fingerprint density at radius 3 is 2.86 bits per heavy atom. The maximum Gasteiger partial charge on any atom is 0.173 e. The SMILES string of the molecule is NC(=NO)c1ccccc1OCC1COc2ccccc21. The molecule has 2 aromatic carbocycles. The summed E-state index contributed by atoms with van der Waals surface area (Å²) in [5.41, 5.74) is 7.38. The number of ether oxygens (including phenoxy) is 2. The van der Waals surface area contributed by atoms with Gasteiger partial charge in [0.25, 0.3) is 0 Å². The zero-order valence-corrected chi connectivity index (χ0v) is 11.4. The number of rotatable bonds is 4. The minimum absolute atomic E-state index is 0.0358. The first-order chi connectivity index (χ1) is 10.3. The number of fused-ring (bicyclic) bond motifs is 1. The van der Waals surface area contributed by atoms with E-state index >= 15 is 0 Å². The summed E-state index contributed by atoms with van der Waals surface area (Å²) < 4.78 is 11.5. The molecule has 3 rings (SSSR count). The van der Waals surface area contributed by atoms with Crippen LogP contribution in [0.1, 0.15) is 17.0 Å². The van der Waals surface area contributed by atoms with Crippen molar-refractivity contribution in [2.45, 2.75) is 5.92 Å². The molecule has 0 spiro atoms. The van der Waals surface area contributed by atoms with Crippen molar-refractivity contribution in [2.75, 3.05) is 13.2 Å². The zero-order chi connectivity index (χ0) is 14.7. The van der Waals surface area contributed by atoms with Crippen LogP contribution in [0, 0.1) is 0 Å². The van der Waals surface area contributed by atoms with E-state index in [4.69, 9.17) is 20.4 Å². The van der Waals surface area contributed by atoms with E-state index in [-0.39, 0.29) is 11.8 Å². The van der Waals surface area contributed by atoms with Crippen molar-refractivity contribution >= 4 is 5.84 Å². The molecule has 0 aliphatic carbocycles. The predicted octanol–water partition coefficient (Wildman–Crippen LogP) is 2.34. The van der Waals surface area contributed by atoms with Crippen LogP contribution >= 0.6 is 0 Å². The largest absolute Gasteiger partial charge is 0.493 e. The highest BCUT2D eigenvalue weighted by Gasteiger charge is 2.24. The fraction of sp³-hybridized carbons (Fsp3) is 0.188. The number of nitrogens with two attached hydrogens (primary N) is 1. The highest BCUT2D eigenvalue weighted by atomic mass is 16.5. The van der Waals surface area contributed by atoms with Gasteiger partial charge in [0.15, 0.2) is 5.84 Å². The highest BCUT2D eigenvalue weighted by Crippen LogP contribution is 2.34. The molecule has 0 aromatic heterocycles. The van der Waals surface area contributed by atoms with Crippen LogP contribution < -0.4 is 15.2 Å². The van der Waals surface area contributed by atoms with Gasteiger partial charge in [-0.25, -0.2) is 0 Å². The second-order valence-corrected chi connectivity index (χ2v) is 4.84. The van der Waals surface area contributed by atoms with Crippen LogP contribution in [0.2, 0.25) is 0 Å². The van der Waals surface area contributed by atoms with Gasteiger partial charge < -0.3 is 20.4 Å². The molecule has 5 heteroatoms. The maximum atomic E-state index is 8.81. The van der Waals surface area contributed by atoms with Crippen molar-refractivity contribution in [3.63, 3.8) is 0 Å². The molecule has 21 heavy (non-hydrogen) atoms. The molecule has 0 saturated carbocycles. The van der Waals surface area contributed by atoms with E-state index in [0.717, 1.165) is 11.3 Å². The topological polar surface area (TPSA) is 77.1 Å². The minimum atomic E-state index is 0.0358. The molecular formula is C16H16N2O3. The fourth-order valence-electron chi connectivity index (χ4n) is 2.42. The molecule has 2 aromatic rings. The molecule has 3 N–H and O–H groups in total. The Hall–Kier alpha value is -2.69. The molecule has 1 unspecified atom stereocenters. The van der Waals surface area contributed by atoms with Gasteiger partial charge in [0.05, 0.1) is 24.7 Å². The lowest BCUT2D eigenvalue weighted by Crippen LogP contribution is -2.17. The molecule has 108 valence electrons. The second kappa shape index (κ2) is 5.75. The maximum absolute atomic E-state index is 8.81. The smallest absolute Gasteiger partial charge is 0.173 e. The van der Waals surface area contributed by atoms with Gasteiger partial charge in [-0.05, 0) is 18.2 Å². The van der Waals surface area contributed by atoms with Crippen LogP contribution in [0.3, 0.4) is 0 Å². The van der Waals surface area contributed by atoms with Crippen molar-refractivity contribution in [3.8, 4) is 11.5 Å². The Bertz CT molecular complexity index is 670. The summed E-state index contributed by atoms with van der Waals surface area (Å²) in [5.74, 6) is 1.73. The molecule has 0 fully saturated rings. The van der Waals surface area contributed by atoms with E-state index in [0.29, 0.717) is 24.5 Å². The number of amidine groups is 1. The minimum Gasteiger partial charge on any atom is -0.493 e. The van der Waals surface area contributed by atoms with Gasteiger partial charge in [-0.15, -0.1) is 0 Å². The van der Waals surface area contributed by atoms with Crippen LogP contribution in [0.15, 0.2) is 53.7 Å². The standard InChI is InChI=1S/C16H16N2O3/c17-16(18-19)13-6-2-4-8-15(13)21-10-11-9-20-14-7-3-1-5-12(11)14/h1-8,11,19H,9-10H2,(H2,17,18). The third-order valence-electron chi connectivity index (χ3n) is 3.51. The molecule has 1 atom stereocenters. The molecule has 1 aliphatic heterocycles. The van der Waals surface area contributed by atoms with E-state index in [1.54, 1.807) is 12.1 Å². The third-order valence-corrected chi connectivity index (χ3v) is 3.51. The molecular weight excluding hydrogens is 268 g/mol. The number of nitrogens with zero attached hydrogens (tertiary/aromatic N) is 1. The Kier molecular flexibility index (Phi) is 3.64. The molecule has 0 radical (unpaired) electrons. The van der Waals surface area contributed by atoms with Gasteiger partial charge in [0.2, 0.25) is 0 Å². The van der Waals surface area contributed by atoms with Gasteiger partial charge in [-0.2, -0.15) is 0 Å². The Morgan fingerprint density at radius 2 is 2.00 bits per heavy atom. The quantitative estimate of drug-likeness (QED) is 0.391. The average Bonchev–Trinajstić information content (AvgIpc) is 2.96. The van der Waals surface area contributed by atoms with Crippen molar-refractivity contribution in [3.05, 3.63) is 59.7 Å². The second-order valence-electron chi connectivity index (χ2n) is 4.84. The monoisotopic (exact) mass is 284 g/mol. The normalized spacial score (nSPS) is 17.1. The van der Waals surface area contributed by atoms with Gasteiger partial charge in [0.1, 0.15) is 11.5 Å². The lowest BCUT2D eigenvalue weighted by molar-refractivity contribution is 0.248. The molecule has 1 aliphatic rings. The summed E-state index contributed by atoms with van der Waals surface area (Å²) in [4.78, 5) is 0. The summed E-state index contributed by atoms with van der Waals surface area (Å²) in [5, 5.41) is 11.8. The summed E-state index contributed by atoms with van der Waals surface area (Å²) in [6, 6.07) is 15.2. The van der Waals surface area contributed by atoms with Gasteiger partial charge in [-0.3, -0.25) is 0 Å². The predicted molar refractivity (Wildman–Crippen MR) is 79.1 cm³/mol. The van der Waals surface area contributed by atoms with Crippen LogP contribution in [0.25, 0.3) is 0 Å². The zero-order valence-electron chi connectivity index (χ0n) is 11.4. The highest BCUT2D eigenvalue weighted by molar-refractivity contribution is 5.99. The Balaban J connectivity index is 1.75. The third kappa shape index (κ3) is 2.63. The summed E-state index contributed by atoms with van der Waals surface area (Å²) in [6.07, 6.45) is 0. The van der Waals surface area contributed by atoms with E-state index < -0.39 is 0 Å². The van der Waals surface area contributed by atoms with Crippen molar-refractivity contribution in [1.29, 1.82) is 0 Å². The summed E-state index contributed by atoms with van der Waals surface area (Å²) in [6.45, 7) is 1.08. The van der Waals surface area contributed by atoms with Crippen LogP contribution in [0.5, 0.6) is 11.5 Å². The molecule has 0 saturated heterocycles. The fourth-order valence-corrected chi connectivity index (χ4v) is 2.42. The van der Waals surface area contributed by atoms with E-state index in [1.165, 1.54) is 0 Å². The number of benzene rings is 2. The van der Waals surface area contributed by atoms with E-state index in [1.807, 2.05) is 36.4 Å². The number of hydrogen-bond donors (Lipinski definition) is 2. The first-order valence-electron chi connectivity index (χ1n) is 6.71. The van der Waals surface area contributed by atoms with Gasteiger partial charge >= 0.3 is 0 Å². The molecule has 0 bridgehead atoms. The molecule has 5 nitrogen and oxygen atoms in total. The van der Waals surface area contributed by atoms with Crippen molar-refractivity contribution in [1.82, 2.24) is 0 Å². The number of hydrogen-bond acceptors (Lipinski definition) is 4. The van der Waals surface area contributed by atoms with E-state index in [2.05, 4.69) is 5.16 Å². The first-order valence-corrected chi connectivity index (χ1v) is 6.71. The lowest BCUT2D eigenvalue weighted by atomic mass is 10.0. The summed E-state index contributed by atoms with van der Waals surface area (Å²) >= 11 is 0. The van der Waals surface area contributed by atoms with Gasteiger partial charge in [0, 0.05) is 5.56 Å². The average molecular weight is 284 g/mol. The summed E-state index contributed by atoms with van der Waals surface area (Å²) in [7, 11) is 0. The van der Waals surface area contributed by atoms with Crippen molar-refractivity contribution in [2.24, 2.45) is 10.9 Å². The van der Waals surface area contributed by atoms with Crippen molar-refractivity contribution < 1.29 is 14.7 Å². The Morgan fingerprint density at radius 1 is 1.24 bits per heavy atom. The molecule has 1 heterocycles. The number of para-hydroxylation sites is 2. The first kappa shape index (κ1) is 13.3.